The monoisotopic (exact) mass is 285 g/mol. The molecule has 0 radical (unpaired) electrons. The van der Waals surface area contributed by atoms with Gasteiger partial charge in [-0.25, -0.2) is 4.98 Å². The molecule has 8 heteroatoms. The molecule has 0 saturated heterocycles. The number of esters is 1. The van der Waals surface area contributed by atoms with Crippen molar-refractivity contribution in [2.45, 2.75) is 24.9 Å². The lowest BCUT2D eigenvalue weighted by Gasteiger charge is -2.10. The van der Waals surface area contributed by atoms with E-state index >= 15 is 0 Å². The number of carbonyl (C=O) groups excluding carboxylic acids is 1. The third-order valence-electron chi connectivity index (χ3n) is 1.99. The van der Waals surface area contributed by atoms with Gasteiger partial charge in [0.25, 0.3) is 0 Å². The molecule has 1 rings (SSSR count). The summed E-state index contributed by atoms with van der Waals surface area (Å²) in [7, 11) is 0. The fourth-order valence-corrected chi connectivity index (χ4v) is 1.75. The molecular formula is C11H15N3O4S. The molecule has 1 atom stereocenters. The maximum absolute atomic E-state index is 11.2. The lowest BCUT2D eigenvalue weighted by atomic mass is 10.3. The number of carbonyl (C=O) groups is 2. The van der Waals surface area contributed by atoms with Gasteiger partial charge < -0.3 is 15.2 Å². The third-order valence-corrected chi connectivity index (χ3v) is 2.86. The molecule has 0 spiro atoms. The van der Waals surface area contributed by atoms with Crippen molar-refractivity contribution in [3.63, 3.8) is 0 Å². The molecule has 7 nitrogen and oxygen atoms in total. The van der Waals surface area contributed by atoms with Crippen LogP contribution in [0.5, 0.6) is 0 Å². The van der Waals surface area contributed by atoms with E-state index in [1.165, 1.54) is 31.1 Å². The van der Waals surface area contributed by atoms with E-state index in [2.05, 4.69) is 15.3 Å². The van der Waals surface area contributed by atoms with Crippen molar-refractivity contribution >= 4 is 29.5 Å². The summed E-state index contributed by atoms with van der Waals surface area (Å²) in [6, 6.07) is -0.764. The van der Waals surface area contributed by atoms with E-state index in [1.807, 2.05) is 0 Å². The average Bonchev–Trinajstić information content (AvgIpc) is 2.37. The van der Waals surface area contributed by atoms with Gasteiger partial charge in [-0.3, -0.25) is 14.6 Å². The number of carboxylic acid groups (broad SMARTS) is 1. The number of ether oxygens (including phenoxy) is 1. The van der Waals surface area contributed by atoms with E-state index in [0.717, 1.165) is 0 Å². The molecule has 0 aromatic carbocycles. The first-order chi connectivity index (χ1) is 9.02. The summed E-state index contributed by atoms with van der Waals surface area (Å²) in [5.74, 6) is -0.817. The minimum absolute atomic E-state index is 0.139. The lowest BCUT2D eigenvalue weighted by molar-refractivity contribution is -0.140. The molecule has 0 unspecified atom stereocenters. The normalized spacial score (nSPS) is 11.7. The number of rotatable bonds is 7. The maximum Gasteiger partial charge on any atom is 0.325 e. The molecule has 0 amide bonds. The fourth-order valence-electron chi connectivity index (χ4n) is 1.11. The predicted octanol–water partition coefficient (Wildman–Crippen LogP) is 1.02. The van der Waals surface area contributed by atoms with E-state index < -0.39 is 12.0 Å². The van der Waals surface area contributed by atoms with Crippen molar-refractivity contribution in [2.75, 3.05) is 17.7 Å². The minimum Gasteiger partial charge on any atom is -0.480 e. The smallest absolute Gasteiger partial charge is 0.325 e. The number of nitrogens with one attached hydrogen (secondary N) is 1. The molecule has 1 heterocycles. The first kappa shape index (κ1) is 15.2. The first-order valence-electron chi connectivity index (χ1n) is 5.62. The van der Waals surface area contributed by atoms with Crippen LogP contribution in [0, 0.1) is 0 Å². The van der Waals surface area contributed by atoms with E-state index in [0.29, 0.717) is 17.5 Å². The molecule has 1 aromatic heterocycles. The Hall–Kier alpha value is -1.83. The van der Waals surface area contributed by atoms with Gasteiger partial charge in [0.05, 0.1) is 24.8 Å². The van der Waals surface area contributed by atoms with E-state index in [-0.39, 0.29) is 11.7 Å². The van der Waals surface area contributed by atoms with Crippen molar-refractivity contribution in [3.05, 3.63) is 12.4 Å². The quantitative estimate of drug-likeness (QED) is 0.565. The van der Waals surface area contributed by atoms with Crippen LogP contribution in [0.15, 0.2) is 17.4 Å². The van der Waals surface area contributed by atoms with Gasteiger partial charge in [-0.1, -0.05) is 11.8 Å². The first-order valence-corrected chi connectivity index (χ1v) is 6.61. The van der Waals surface area contributed by atoms with Gasteiger partial charge in [0.15, 0.2) is 0 Å². The highest BCUT2D eigenvalue weighted by molar-refractivity contribution is 7.99. The molecule has 0 aliphatic rings. The molecule has 104 valence electrons. The van der Waals surface area contributed by atoms with E-state index in [9.17, 15) is 9.59 Å². The summed E-state index contributed by atoms with van der Waals surface area (Å²) in [4.78, 5) is 30.0. The number of nitrogens with zero attached hydrogens (tertiary/aromatic N) is 2. The van der Waals surface area contributed by atoms with E-state index in [1.54, 1.807) is 6.92 Å². The average molecular weight is 285 g/mol. The summed E-state index contributed by atoms with van der Waals surface area (Å²) in [6.07, 6.45) is 2.92. The number of thioether (sulfide) groups is 1. The van der Waals surface area contributed by atoms with Crippen molar-refractivity contribution in [2.24, 2.45) is 0 Å². The second-order valence-corrected chi connectivity index (χ2v) is 4.54. The van der Waals surface area contributed by atoms with Crippen molar-refractivity contribution in [3.8, 4) is 0 Å². The van der Waals surface area contributed by atoms with Gasteiger partial charge in [-0.2, -0.15) is 0 Å². The summed E-state index contributed by atoms with van der Waals surface area (Å²) in [6.45, 7) is 3.57. The summed E-state index contributed by atoms with van der Waals surface area (Å²) >= 11 is 1.18. The van der Waals surface area contributed by atoms with Crippen LogP contribution in [0.25, 0.3) is 0 Å². The van der Waals surface area contributed by atoms with Crippen LogP contribution in [-0.4, -0.2) is 45.4 Å². The highest BCUT2D eigenvalue weighted by Gasteiger charge is 2.11. The Morgan fingerprint density at radius 1 is 1.53 bits per heavy atom. The summed E-state index contributed by atoms with van der Waals surface area (Å²) in [5, 5.41) is 12.0. The molecule has 0 bridgehead atoms. The Kier molecular flexibility index (Phi) is 6.07. The van der Waals surface area contributed by atoms with Gasteiger partial charge in [0.2, 0.25) is 0 Å². The molecule has 19 heavy (non-hydrogen) atoms. The number of carboxylic acids is 1. The largest absolute Gasteiger partial charge is 0.480 e. The fraction of sp³-hybridized carbons (Fsp3) is 0.455. The van der Waals surface area contributed by atoms with Gasteiger partial charge in [-0.05, 0) is 13.8 Å². The molecule has 2 N–H and O–H groups in total. The second kappa shape index (κ2) is 7.57. The van der Waals surface area contributed by atoms with Crippen LogP contribution in [0.1, 0.15) is 13.8 Å². The number of hydrogen-bond acceptors (Lipinski definition) is 7. The van der Waals surface area contributed by atoms with Gasteiger partial charge in [-0.15, -0.1) is 0 Å². The van der Waals surface area contributed by atoms with Crippen molar-refractivity contribution in [1.29, 1.82) is 0 Å². The zero-order valence-corrected chi connectivity index (χ0v) is 11.4. The molecular weight excluding hydrogens is 270 g/mol. The van der Waals surface area contributed by atoms with Crippen LogP contribution in [0.3, 0.4) is 0 Å². The highest BCUT2D eigenvalue weighted by atomic mass is 32.2. The van der Waals surface area contributed by atoms with Gasteiger partial charge in [0.1, 0.15) is 16.9 Å². The molecule has 1 aromatic rings. The van der Waals surface area contributed by atoms with Crippen LogP contribution in [0.2, 0.25) is 0 Å². The number of anilines is 1. The summed E-state index contributed by atoms with van der Waals surface area (Å²) < 4.78 is 4.79. The maximum atomic E-state index is 11.2. The topological polar surface area (TPSA) is 101 Å². The summed E-state index contributed by atoms with van der Waals surface area (Å²) in [5.41, 5.74) is 0. The number of hydrogen-bond donors (Lipinski definition) is 2. The second-order valence-electron chi connectivity index (χ2n) is 3.54. The van der Waals surface area contributed by atoms with Crippen LogP contribution in [0.4, 0.5) is 5.82 Å². The predicted molar refractivity (Wildman–Crippen MR) is 70.1 cm³/mol. The zero-order chi connectivity index (χ0) is 14.3. The minimum atomic E-state index is -0.980. The Bertz CT molecular complexity index is 455. The van der Waals surface area contributed by atoms with Crippen molar-refractivity contribution in [1.82, 2.24) is 9.97 Å². The number of aliphatic carboxylic acids is 1. The Morgan fingerprint density at radius 3 is 2.89 bits per heavy atom. The molecule has 0 fully saturated rings. The third kappa shape index (κ3) is 5.56. The van der Waals surface area contributed by atoms with Gasteiger partial charge in [0, 0.05) is 0 Å². The SMILES string of the molecule is CCOC(=O)CSc1cncc(N[C@@H](C)C(=O)O)n1. The van der Waals surface area contributed by atoms with Crippen molar-refractivity contribution < 1.29 is 19.4 Å². The molecule has 0 aliphatic heterocycles. The molecule has 0 aliphatic carbocycles. The lowest BCUT2D eigenvalue weighted by Crippen LogP contribution is -2.26. The van der Waals surface area contributed by atoms with E-state index in [4.69, 9.17) is 9.84 Å². The molecule has 0 saturated carbocycles. The Morgan fingerprint density at radius 2 is 2.26 bits per heavy atom. The number of aromatic nitrogens is 2. The van der Waals surface area contributed by atoms with Crippen LogP contribution >= 0.6 is 11.8 Å². The van der Waals surface area contributed by atoms with Crippen LogP contribution < -0.4 is 5.32 Å². The standard InChI is InChI=1S/C11H15N3O4S/c1-3-18-10(15)6-19-9-5-12-4-8(14-9)13-7(2)11(16)17/h4-5,7H,3,6H2,1-2H3,(H,13,14)(H,16,17)/t7-/m0/s1. The van der Waals surface area contributed by atoms with Gasteiger partial charge >= 0.3 is 11.9 Å². The Balaban J connectivity index is 2.57. The zero-order valence-electron chi connectivity index (χ0n) is 10.6. The Labute approximate surface area is 114 Å². The van der Waals surface area contributed by atoms with Crippen LogP contribution in [-0.2, 0) is 14.3 Å². The highest BCUT2D eigenvalue weighted by Crippen LogP contribution is 2.16.